The Morgan fingerprint density at radius 3 is 2.46 bits per heavy atom. The predicted octanol–water partition coefficient (Wildman–Crippen LogP) is 4.22. The summed E-state index contributed by atoms with van der Waals surface area (Å²) in [5.41, 5.74) is 4.84. The summed E-state index contributed by atoms with van der Waals surface area (Å²) >= 11 is 0. The number of benzene rings is 2. The first-order valence-electron chi connectivity index (χ1n) is 10.1. The number of para-hydroxylation sites is 1. The molecule has 2 aromatic carbocycles. The van der Waals surface area contributed by atoms with Gasteiger partial charge < -0.3 is 20.1 Å². The molecule has 1 aliphatic rings. The largest absolute Gasteiger partial charge is 0.530 e. The molecule has 0 aromatic heterocycles. The lowest BCUT2D eigenvalue weighted by molar-refractivity contribution is -0.271. The van der Waals surface area contributed by atoms with Gasteiger partial charge in [0.15, 0.2) is 0 Å². The monoisotopic (exact) mass is 379 g/mol. The van der Waals surface area contributed by atoms with Crippen molar-refractivity contribution in [3.63, 3.8) is 0 Å². The van der Waals surface area contributed by atoms with E-state index in [1.54, 1.807) is 0 Å². The Morgan fingerprint density at radius 2 is 1.82 bits per heavy atom. The van der Waals surface area contributed by atoms with Gasteiger partial charge in [0.1, 0.15) is 6.09 Å². The topological polar surface area (TPSA) is 55.4 Å². The minimum atomic E-state index is -1.06. The first-order chi connectivity index (χ1) is 13.2. The van der Waals surface area contributed by atoms with E-state index in [2.05, 4.69) is 81.5 Å². The van der Waals surface area contributed by atoms with Crippen molar-refractivity contribution in [1.82, 2.24) is 4.90 Å². The van der Waals surface area contributed by atoms with Crippen molar-refractivity contribution in [2.45, 2.75) is 59.0 Å². The average molecular weight is 380 g/mol. The number of carbonyl (C=O) groups is 1. The van der Waals surface area contributed by atoms with E-state index < -0.39 is 6.09 Å². The van der Waals surface area contributed by atoms with Crippen LogP contribution >= 0.6 is 0 Å². The number of aryl methyl sites for hydroxylation is 1. The molecule has 150 valence electrons. The highest BCUT2D eigenvalue weighted by Gasteiger charge is 2.36. The van der Waals surface area contributed by atoms with E-state index in [1.165, 1.54) is 21.6 Å². The number of nitrogens with zero attached hydrogens (tertiary/aromatic N) is 1. The molecule has 4 nitrogen and oxygen atoms in total. The standard InChI is InChI=1S/C24H32N2O2/c1-17-9-11-18(12-10-17)15-19-7-5-6-8-21(19)25-20-13-14-26(23(27)28)22(16-20)24(2,3)4/h5-12,20,22,25H,13-16H2,1-4H3,(H,27,28)/p-1. The smallest absolute Gasteiger partial charge is 0.137 e. The van der Waals surface area contributed by atoms with Gasteiger partial charge in [-0.2, -0.15) is 0 Å². The molecular weight excluding hydrogens is 348 g/mol. The van der Waals surface area contributed by atoms with Crippen molar-refractivity contribution in [2.75, 3.05) is 11.9 Å². The lowest BCUT2D eigenvalue weighted by Crippen LogP contribution is -2.57. The minimum Gasteiger partial charge on any atom is -0.530 e. The number of likely N-dealkylation sites (tertiary alicyclic amines) is 1. The molecule has 28 heavy (non-hydrogen) atoms. The quantitative estimate of drug-likeness (QED) is 0.865. The molecule has 0 bridgehead atoms. The number of hydrogen-bond donors (Lipinski definition) is 1. The summed E-state index contributed by atoms with van der Waals surface area (Å²) in [6.07, 6.45) is 1.40. The van der Waals surface area contributed by atoms with Crippen molar-refractivity contribution in [1.29, 1.82) is 0 Å². The number of piperidine rings is 1. The Bertz CT molecular complexity index is 808. The second kappa shape index (κ2) is 8.26. The number of rotatable bonds is 4. The van der Waals surface area contributed by atoms with Gasteiger partial charge in [-0.3, -0.25) is 0 Å². The fourth-order valence-electron chi connectivity index (χ4n) is 4.10. The summed E-state index contributed by atoms with van der Waals surface area (Å²) in [5, 5.41) is 15.3. The summed E-state index contributed by atoms with van der Waals surface area (Å²) in [4.78, 5) is 13.1. The molecule has 0 radical (unpaired) electrons. The molecule has 2 atom stereocenters. The van der Waals surface area contributed by atoms with Crippen molar-refractivity contribution in [3.05, 3.63) is 65.2 Å². The fourth-order valence-corrected chi connectivity index (χ4v) is 4.10. The van der Waals surface area contributed by atoms with Crippen LogP contribution in [0.3, 0.4) is 0 Å². The van der Waals surface area contributed by atoms with Crippen molar-refractivity contribution in [3.8, 4) is 0 Å². The molecule has 0 saturated carbocycles. The molecular formula is C24H31N2O2-. The van der Waals surface area contributed by atoms with E-state index in [1.807, 2.05) is 0 Å². The highest BCUT2D eigenvalue weighted by molar-refractivity contribution is 5.63. The predicted molar refractivity (Wildman–Crippen MR) is 112 cm³/mol. The van der Waals surface area contributed by atoms with E-state index in [-0.39, 0.29) is 17.5 Å². The van der Waals surface area contributed by atoms with E-state index in [9.17, 15) is 9.90 Å². The van der Waals surface area contributed by atoms with Crippen LogP contribution in [0.25, 0.3) is 0 Å². The van der Waals surface area contributed by atoms with Crippen LogP contribution in [0.15, 0.2) is 48.5 Å². The summed E-state index contributed by atoms with van der Waals surface area (Å²) in [5.74, 6) is 0. The Labute approximate surface area is 168 Å². The molecule has 0 spiro atoms. The molecule has 1 heterocycles. The van der Waals surface area contributed by atoms with Gasteiger partial charge in [0.05, 0.1) is 0 Å². The van der Waals surface area contributed by atoms with Gasteiger partial charge in [0.25, 0.3) is 0 Å². The van der Waals surface area contributed by atoms with Gasteiger partial charge in [0, 0.05) is 24.3 Å². The molecule has 2 aromatic rings. The van der Waals surface area contributed by atoms with Crippen LogP contribution in [0.2, 0.25) is 0 Å². The first kappa shape index (κ1) is 20.2. The van der Waals surface area contributed by atoms with Crippen molar-refractivity contribution < 1.29 is 9.90 Å². The number of nitrogens with one attached hydrogen (secondary N) is 1. The lowest BCUT2D eigenvalue weighted by atomic mass is 9.79. The Hall–Kier alpha value is -2.49. The van der Waals surface area contributed by atoms with Gasteiger partial charge in [-0.1, -0.05) is 68.8 Å². The van der Waals surface area contributed by atoms with Crippen LogP contribution in [0.1, 0.15) is 50.3 Å². The van der Waals surface area contributed by atoms with Crippen LogP contribution in [0.5, 0.6) is 0 Å². The molecule has 1 fully saturated rings. The van der Waals surface area contributed by atoms with E-state index in [4.69, 9.17) is 0 Å². The zero-order chi connectivity index (χ0) is 20.3. The third-order valence-corrected chi connectivity index (χ3v) is 5.73. The maximum absolute atomic E-state index is 11.6. The van der Waals surface area contributed by atoms with Crippen LogP contribution in [-0.2, 0) is 6.42 Å². The zero-order valence-electron chi connectivity index (χ0n) is 17.4. The number of anilines is 1. The Kier molecular flexibility index (Phi) is 5.97. The average Bonchev–Trinajstić information content (AvgIpc) is 2.64. The van der Waals surface area contributed by atoms with Gasteiger partial charge >= 0.3 is 0 Å². The number of amides is 1. The summed E-state index contributed by atoms with van der Waals surface area (Å²) in [7, 11) is 0. The van der Waals surface area contributed by atoms with Crippen LogP contribution < -0.4 is 10.4 Å². The number of carbonyl (C=O) groups excluding carboxylic acids is 1. The summed E-state index contributed by atoms with van der Waals surface area (Å²) < 4.78 is 0. The SMILES string of the molecule is Cc1ccc(Cc2ccccc2NC2CCN(C(=O)[O-])C(C(C)(C)C)C2)cc1. The zero-order valence-corrected chi connectivity index (χ0v) is 17.4. The molecule has 1 aliphatic heterocycles. The number of carboxylic acid groups (broad SMARTS) is 1. The van der Waals surface area contributed by atoms with Crippen molar-refractivity contribution >= 4 is 11.8 Å². The molecule has 2 unspecified atom stereocenters. The second-order valence-corrected chi connectivity index (χ2v) is 9.03. The highest BCUT2D eigenvalue weighted by atomic mass is 16.4. The first-order valence-corrected chi connectivity index (χ1v) is 10.1. The molecule has 0 aliphatic carbocycles. The van der Waals surface area contributed by atoms with Gasteiger partial charge in [0.2, 0.25) is 0 Å². The molecule has 1 saturated heterocycles. The summed E-state index contributed by atoms with van der Waals surface area (Å²) in [6.45, 7) is 8.91. The van der Waals surface area contributed by atoms with E-state index in [0.717, 1.165) is 24.9 Å². The fraction of sp³-hybridized carbons (Fsp3) is 0.458. The molecule has 1 N–H and O–H groups in total. The van der Waals surface area contributed by atoms with Crippen molar-refractivity contribution in [2.24, 2.45) is 5.41 Å². The Balaban J connectivity index is 1.75. The summed E-state index contributed by atoms with van der Waals surface area (Å²) in [6, 6.07) is 17.3. The second-order valence-electron chi connectivity index (χ2n) is 9.03. The van der Waals surface area contributed by atoms with E-state index >= 15 is 0 Å². The minimum absolute atomic E-state index is 0.0481. The van der Waals surface area contributed by atoms with Gasteiger partial charge in [-0.15, -0.1) is 0 Å². The molecule has 4 heteroatoms. The highest BCUT2D eigenvalue weighted by Crippen LogP contribution is 2.33. The normalized spacial score (nSPS) is 20.1. The van der Waals surface area contributed by atoms with Crippen LogP contribution in [0, 0.1) is 12.3 Å². The molecule has 3 rings (SSSR count). The van der Waals surface area contributed by atoms with Crippen LogP contribution in [0.4, 0.5) is 10.5 Å². The van der Waals surface area contributed by atoms with Crippen LogP contribution in [-0.4, -0.2) is 29.6 Å². The molecule has 1 amide bonds. The van der Waals surface area contributed by atoms with E-state index in [0.29, 0.717) is 6.54 Å². The van der Waals surface area contributed by atoms with Gasteiger partial charge in [-0.25, -0.2) is 0 Å². The maximum atomic E-state index is 11.6. The van der Waals surface area contributed by atoms with Gasteiger partial charge in [-0.05, 0) is 48.8 Å². The third kappa shape index (κ3) is 4.86. The lowest BCUT2D eigenvalue weighted by Gasteiger charge is -2.47. The third-order valence-electron chi connectivity index (χ3n) is 5.73. The number of hydrogen-bond acceptors (Lipinski definition) is 3. The maximum Gasteiger partial charge on any atom is 0.137 e. The Morgan fingerprint density at radius 1 is 1.14 bits per heavy atom.